The van der Waals surface area contributed by atoms with E-state index in [0.717, 1.165) is 18.4 Å². The number of carbonyl (C=O) groups is 2. The van der Waals surface area contributed by atoms with Crippen LogP contribution in [0.2, 0.25) is 0 Å². The van der Waals surface area contributed by atoms with Crippen LogP contribution in [0.4, 0.5) is 0 Å². The van der Waals surface area contributed by atoms with Gasteiger partial charge in [-0.3, -0.25) is 9.69 Å². The van der Waals surface area contributed by atoms with Crippen molar-refractivity contribution < 1.29 is 19.4 Å². The molecule has 0 saturated heterocycles. The zero-order chi connectivity index (χ0) is 24.6. The van der Waals surface area contributed by atoms with E-state index in [9.17, 15) is 14.7 Å². The fourth-order valence-corrected chi connectivity index (χ4v) is 4.98. The molecule has 0 aromatic heterocycles. The summed E-state index contributed by atoms with van der Waals surface area (Å²) in [6.45, 7) is 22.5. The highest BCUT2D eigenvalue weighted by Gasteiger charge is 2.48. The second-order valence-corrected chi connectivity index (χ2v) is 9.49. The van der Waals surface area contributed by atoms with Gasteiger partial charge in [0.15, 0.2) is 0 Å². The molecule has 6 heteroatoms. The van der Waals surface area contributed by atoms with Crippen molar-refractivity contribution in [3.05, 3.63) is 36.5 Å². The summed E-state index contributed by atoms with van der Waals surface area (Å²) in [6.07, 6.45) is 5.44. The van der Waals surface area contributed by atoms with Crippen molar-refractivity contribution in [1.82, 2.24) is 9.80 Å². The number of rotatable bonds is 12. The number of carbonyl (C=O) groups excluding carboxylic acids is 2. The first-order valence-corrected chi connectivity index (χ1v) is 11.8. The van der Waals surface area contributed by atoms with Crippen LogP contribution in [0.5, 0.6) is 0 Å². The lowest BCUT2D eigenvalue weighted by Gasteiger charge is -2.53. The molecule has 0 heterocycles. The second kappa shape index (κ2) is 12.4. The SMILES string of the molecule is C=CCN(CC=C)[C@H]1CC(C(=O)[O-])=C(CC)[C@@H](OC(CC)CC)[C@@H]1N(C(C)=O)C(C)(C)C. The number of hydrogen-bond donors (Lipinski definition) is 0. The summed E-state index contributed by atoms with van der Waals surface area (Å²) in [5, 5.41) is 12.2. The summed E-state index contributed by atoms with van der Waals surface area (Å²) < 4.78 is 6.63. The molecule has 1 rings (SSSR count). The predicted molar refractivity (Wildman–Crippen MR) is 128 cm³/mol. The van der Waals surface area contributed by atoms with Crippen LogP contribution in [0.1, 0.15) is 74.1 Å². The van der Waals surface area contributed by atoms with Gasteiger partial charge in [0, 0.05) is 31.6 Å². The third kappa shape index (κ3) is 6.55. The summed E-state index contributed by atoms with van der Waals surface area (Å²) in [5.74, 6) is -1.22. The molecule has 1 amide bonds. The number of hydrogen-bond acceptors (Lipinski definition) is 5. The lowest BCUT2D eigenvalue weighted by atomic mass is 9.77. The number of amides is 1. The second-order valence-electron chi connectivity index (χ2n) is 9.49. The first kappa shape index (κ1) is 28.1. The Balaban J connectivity index is 3.86. The molecular formula is C26H43N2O4-. The topological polar surface area (TPSA) is 72.9 Å². The van der Waals surface area contributed by atoms with Crippen molar-refractivity contribution in [2.75, 3.05) is 13.1 Å². The quantitative estimate of drug-likeness (QED) is 0.428. The summed E-state index contributed by atoms with van der Waals surface area (Å²) in [7, 11) is 0. The van der Waals surface area contributed by atoms with E-state index < -0.39 is 17.6 Å². The highest BCUT2D eigenvalue weighted by Crippen LogP contribution is 2.39. The van der Waals surface area contributed by atoms with Crippen LogP contribution in [0.15, 0.2) is 36.5 Å². The highest BCUT2D eigenvalue weighted by molar-refractivity contribution is 5.86. The Kier molecular flexibility index (Phi) is 10.9. The standard InChI is InChI=1S/C26H44N2O4/c1-10-15-27(16-11-2)22-17-21(25(30)31)20(14-5)24(32-19(12-3)13-4)23(22)28(18(6)29)26(7,8)9/h10-11,19,22-24H,1-2,12-17H2,3-9H3,(H,30,31)/p-1/t22-,23+,24+/m0/s1. The van der Waals surface area contributed by atoms with Crippen molar-refractivity contribution in [2.45, 2.75) is 104 Å². The van der Waals surface area contributed by atoms with Gasteiger partial charge in [-0.25, -0.2) is 0 Å². The van der Waals surface area contributed by atoms with Crippen molar-refractivity contribution >= 4 is 11.9 Å². The summed E-state index contributed by atoms with van der Waals surface area (Å²) in [5.41, 5.74) is 0.543. The van der Waals surface area contributed by atoms with Gasteiger partial charge in [-0.1, -0.05) is 32.9 Å². The Hall–Kier alpha value is -1.92. The minimum atomic E-state index is -1.16. The molecule has 1 aliphatic carbocycles. The van der Waals surface area contributed by atoms with Crippen LogP contribution in [-0.2, 0) is 14.3 Å². The van der Waals surface area contributed by atoms with Gasteiger partial charge < -0.3 is 19.5 Å². The monoisotopic (exact) mass is 447 g/mol. The zero-order valence-electron chi connectivity index (χ0n) is 21.1. The number of carboxylic acids is 1. The van der Waals surface area contributed by atoms with Gasteiger partial charge in [-0.15, -0.1) is 13.2 Å². The largest absolute Gasteiger partial charge is 0.545 e. The molecule has 1 aliphatic rings. The predicted octanol–water partition coefficient (Wildman–Crippen LogP) is 3.48. The van der Waals surface area contributed by atoms with E-state index in [1.807, 2.05) is 32.6 Å². The minimum Gasteiger partial charge on any atom is -0.545 e. The molecule has 0 aliphatic heterocycles. The van der Waals surface area contributed by atoms with E-state index in [2.05, 4.69) is 31.9 Å². The molecule has 0 N–H and O–H groups in total. The average molecular weight is 448 g/mol. The molecule has 0 radical (unpaired) electrons. The molecule has 0 spiro atoms. The van der Waals surface area contributed by atoms with Crippen LogP contribution in [-0.4, -0.2) is 64.6 Å². The van der Waals surface area contributed by atoms with Crippen LogP contribution < -0.4 is 5.11 Å². The first-order valence-electron chi connectivity index (χ1n) is 11.8. The number of nitrogens with zero attached hydrogens (tertiary/aromatic N) is 2. The van der Waals surface area contributed by atoms with E-state index in [1.54, 1.807) is 19.1 Å². The van der Waals surface area contributed by atoms with E-state index in [0.29, 0.717) is 25.1 Å². The van der Waals surface area contributed by atoms with Gasteiger partial charge in [0.1, 0.15) is 6.10 Å². The summed E-state index contributed by atoms with van der Waals surface area (Å²) >= 11 is 0. The Labute approximate surface area is 195 Å². The lowest BCUT2D eigenvalue weighted by Crippen LogP contribution is -2.66. The van der Waals surface area contributed by atoms with Crippen molar-refractivity contribution in [2.24, 2.45) is 0 Å². The third-order valence-electron chi connectivity index (χ3n) is 6.28. The normalized spacial score (nSPS) is 21.7. The summed E-state index contributed by atoms with van der Waals surface area (Å²) in [4.78, 5) is 29.3. The Morgan fingerprint density at radius 1 is 1.16 bits per heavy atom. The Bertz CT molecular complexity index is 693. The smallest absolute Gasteiger partial charge is 0.220 e. The van der Waals surface area contributed by atoms with Gasteiger partial charge >= 0.3 is 0 Å². The third-order valence-corrected chi connectivity index (χ3v) is 6.28. The number of ether oxygens (including phenoxy) is 1. The molecule has 182 valence electrons. The maximum Gasteiger partial charge on any atom is 0.220 e. The molecule has 0 saturated carbocycles. The minimum absolute atomic E-state index is 0.0353. The molecule has 32 heavy (non-hydrogen) atoms. The zero-order valence-corrected chi connectivity index (χ0v) is 21.1. The Morgan fingerprint density at radius 2 is 1.69 bits per heavy atom. The van der Waals surface area contributed by atoms with Gasteiger partial charge in [0.25, 0.3) is 0 Å². The van der Waals surface area contributed by atoms with Gasteiger partial charge in [0.2, 0.25) is 5.91 Å². The number of aliphatic carboxylic acids is 1. The van der Waals surface area contributed by atoms with E-state index in [1.165, 1.54) is 0 Å². The van der Waals surface area contributed by atoms with Crippen LogP contribution in [0.3, 0.4) is 0 Å². The molecule has 0 aromatic carbocycles. The maximum absolute atomic E-state index is 13.0. The average Bonchev–Trinajstić information content (AvgIpc) is 2.70. The van der Waals surface area contributed by atoms with Crippen molar-refractivity contribution in [1.29, 1.82) is 0 Å². The van der Waals surface area contributed by atoms with Crippen LogP contribution >= 0.6 is 0 Å². The first-order chi connectivity index (χ1) is 15.0. The fraction of sp³-hybridized carbons (Fsp3) is 0.692. The lowest BCUT2D eigenvalue weighted by molar-refractivity contribution is -0.300. The molecule has 3 atom stereocenters. The Morgan fingerprint density at radius 3 is 2.03 bits per heavy atom. The van der Waals surface area contributed by atoms with Crippen LogP contribution in [0, 0.1) is 0 Å². The van der Waals surface area contributed by atoms with E-state index in [4.69, 9.17) is 4.74 Å². The molecule has 0 bridgehead atoms. The van der Waals surface area contributed by atoms with Gasteiger partial charge in [-0.05, 0) is 57.6 Å². The molecule has 0 unspecified atom stereocenters. The van der Waals surface area contributed by atoms with Gasteiger partial charge in [0.05, 0.1) is 18.1 Å². The molecule has 0 fully saturated rings. The number of carboxylic acid groups (broad SMARTS) is 1. The van der Waals surface area contributed by atoms with E-state index in [-0.39, 0.29) is 30.5 Å². The molecular weight excluding hydrogens is 404 g/mol. The van der Waals surface area contributed by atoms with Gasteiger partial charge in [-0.2, -0.15) is 0 Å². The maximum atomic E-state index is 13.0. The van der Waals surface area contributed by atoms with Crippen LogP contribution in [0.25, 0.3) is 0 Å². The van der Waals surface area contributed by atoms with E-state index >= 15 is 0 Å². The van der Waals surface area contributed by atoms with Crippen molar-refractivity contribution in [3.8, 4) is 0 Å². The summed E-state index contributed by atoms with van der Waals surface area (Å²) in [6, 6.07) is -0.636. The molecule has 0 aromatic rings. The van der Waals surface area contributed by atoms with Crippen molar-refractivity contribution in [3.63, 3.8) is 0 Å². The highest BCUT2D eigenvalue weighted by atomic mass is 16.5. The molecule has 6 nitrogen and oxygen atoms in total. The fourth-order valence-electron chi connectivity index (χ4n) is 4.98.